The molecule has 0 N–H and O–H groups in total. The number of benzene rings is 2. The second-order valence-corrected chi connectivity index (χ2v) is 6.43. The van der Waals surface area contributed by atoms with E-state index in [1.807, 2.05) is 24.3 Å². The molecule has 0 amide bonds. The maximum absolute atomic E-state index is 4.35. The number of hydrogen-bond donors (Lipinski definition) is 0. The SMILES string of the molecule is [Ru].c1cnc2c(c1)ccc1cccnc12.c1cnc2c(c1)ccc1cccnc12. The summed E-state index contributed by atoms with van der Waals surface area (Å²) in [4.78, 5) is 17.4. The van der Waals surface area contributed by atoms with Crippen molar-refractivity contribution in [3.05, 3.63) is 97.6 Å². The molecule has 6 aromatic rings. The molecule has 140 valence electrons. The molecule has 4 nitrogen and oxygen atoms in total. The van der Waals surface area contributed by atoms with E-state index in [2.05, 4.69) is 68.5 Å². The molecular weight excluding hydrogens is 445 g/mol. The number of hydrogen-bond acceptors (Lipinski definition) is 4. The van der Waals surface area contributed by atoms with E-state index in [4.69, 9.17) is 0 Å². The quantitative estimate of drug-likeness (QED) is 0.219. The summed E-state index contributed by atoms with van der Waals surface area (Å²) in [6.45, 7) is 0. The van der Waals surface area contributed by atoms with Gasteiger partial charge in [0.05, 0.1) is 22.1 Å². The number of rotatable bonds is 0. The Morgan fingerprint density at radius 3 is 0.828 bits per heavy atom. The van der Waals surface area contributed by atoms with Crippen LogP contribution in [-0.4, -0.2) is 19.9 Å². The molecule has 0 aliphatic carbocycles. The molecule has 0 radical (unpaired) electrons. The van der Waals surface area contributed by atoms with E-state index >= 15 is 0 Å². The maximum atomic E-state index is 4.35. The third-order valence-corrected chi connectivity index (χ3v) is 4.69. The van der Waals surface area contributed by atoms with Crippen molar-refractivity contribution in [2.24, 2.45) is 0 Å². The summed E-state index contributed by atoms with van der Waals surface area (Å²) in [5, 5.41) is 4.55. The van der Waals surface area contributed by atoms with Crippen LogP contribution in [0.4, 0.5) is 0 Å². The molecule has 5 heteroatoms. The fourth-order valence-electron chi connectivity index (χ4n) is 3.36. The summed E-state index contributed by atoms with van der Waals surface area (Å²) >= 11 is 0. The molecule has 4 aromatic heterocycles. The molecule has 2 aromatic carbocycles. The van der Waals surface area contributed by atoms with Crippen molar-refractivity contribution >= 4 is 43.6 Å². The Kier molecular flexibility index (Phi) is 5.50. The smallest absolute Gasteiger partial charge is 0.0964 e. The minimum absolute atomic E-state index is 0. The van der Waals surface area contributed by atoms with Crippen LogP contribution in [0, 0.1) is 0 Å². The van der Waals surface area contributed by atoms with E-state index in [0.29, 0.717) is 0 Å². The molecule has 0 unspecified atom stereocenters. The zero-order chi connectivity index (χ0) is 18.8. The molecule has 0 saturated carbocycles. The Labute approximate surface area is 180 Å². The van der Waals surface area contributed by atoms with Gasteiger partial charge in [-0.15, -0.1) is 0 Å². The van der Waals surface area contributed by atoms with Crippen LogP contribution in [0.25, 0.3) is 43.6 Å². The molecule has 0 bridgehead atoms. The fourth-order valence-corrected chi connectivity index (χ4v) is 3.36. The van der Waals surface area contributed by atoms with Gasteiger partial charge in [0.15, 0.2) is 0 Å². The van der Waals surface area contributed by atoms with Crippen molar-refractivity contribution < 1.29 is 19.5 Å². The van der Waals surface area contributed by atoms with Gasteiger partial charge < -0.3 is 0 Å². The number of aromatic nitrogens is 4. The molecule has 0 atom stereocenters. The van der Waals surface area contributed by atoms with Gasteiger partial charge in [-0.3, -0.25) is 19.9 Å². The van der Waals surface area contributed by atoms with Gasteiger partial charge in [0.2, 0.25) is 0 Å². The predicted octanol–water partition coefficient (Wildman–Crippen LogP) is 5.56. The summed E-state index contributed by atoms with van der Waals surface area (Å²) in [6.07, 6.45) is 7.21. The van der Waals surface area contributed by atoms with Gasteiger partial charge in [0.25, 0.3) is 0 Å². The second kappa shape index (κ2) is 8.38. The molecule has 0 fully saturated rings. The molecule has 29 heavy (non-hydrogen) atoms. The Hall–Kier alpha value is -3.30. The van der Waals surface area contributed by atoms with Crippen molar-refractivity contribution in [3.8, 4) is 0 Å². The van der Waals surface area contributed by atoms with Gasteiger partial charge in [0.1, 0.15) is 0 Å². The average Bonchev–Trinajstić information content (AvgIpc) is 2.79. The largest absolute Gasteiger partial charge is 0.254 e. The minimum atomic E-state index is 0. The van der Waals surface area contributed by atoms with Gasteiger partial charge in [-0.1, -0.05) is 48.5 Å². The monoisotopic (exact) mass is 462 g/mol. The first-order valence-corrected chi connectivity index (χ1v) is 9.07. The number of pyridine rings is 4. The summed E-state index contributed by atoms with van der Waals surface area (Å²) in [7, 11) is 0. The van der Waals surface area contributed by atoms with Crippen molar-refractivity contribution in [2.45, 2.75) is 0 Å². The zero-order valence-electron chi connectivity index (χ0n) is 15.4. The van der Waals surface area contributed by atoms with Gasteiger partial charge in [-0.25, -0.2) is 0 Å². The number of fused-ring (bicyclic) bond motifs is 6. The molecular formula is C24H16N4Ru. The van der Waals surface area contributed by atoms with Gasteiger partial charge >= 0.3 is 0 Å². The first-order valence-electron chi connectivity index (χ1n) is 9.07. The van der Waals surface area contributed by atoms with Crippen LogP contribution in [0.2, 0.25) is 0 Å². The van der Waals surface area contributed by atoms with Crippen LogP contribution >= 0.6 is 0 Å². The summed E-state index contributed by atoms with van der Waals surface area (Å²) in [5.41, 5.74) is 3.91. The molecule has 0 aliphatic rings. The maximum Gasteiger partial charge on any atom is 0.0964 e. The summed E-state index contributed by atoms with van der Waals surface area (Å²) in [5.74, 6) is 0. The van der Waals surface area contributed by atoms with E-state index in [0.717, 1.165) is 43.6 Å². The summed E-state index contributed by atoms with van der Waals surface area (Å²) < 4.78 is 0. The molecule has 4 heterocycles. The van der Waals surface area contributed by atoms with Gasteiger partial charge in [-0.2, -0.15) is 0 Å². The Morgan fingerprint density at radius 1 is 0.345 bits per heavy atom. The van der Waals surface area contributed by atoms with Crippen LogP contribution in [-0.2, 0) is 19.5 Å². The Morgan fingerprint density at radius 2 is 0.586 bits per heavy atom. The van der Waals surface area contributed by atoms with Gasteiger partial charge in [0, 0.05) is 65.8 Å². The standard InChI is InChI=1S/2C12H8N2.Ru/c2*1-3-9-5-6-10-4-2-8-14-12(10)11(9)13-7-1;/h2*1-8H;. The van der Waals surface area contributed by atoms with Crippen LogP contribution in [0.1, 0.15) is 0 Å². The van der Waals surface area contributed by atoms with Crippen LogP contribution < -0.4 is 0 Å². The first-order chi connectivity index (χ1) is 13.9. The van der Waals surface area contributed by atoms with Crippen LogP contribution in [0.5, 0.6) is 0 Å². The predicted molar refractivity (Wildman–Crippen MR) is 114 cm³/mol. The van der Waals surface area contributed by atoms with Crippen molar-refractivity contribution in [1.82, 2.24) is 19.9 Å². The zero-order valence-corrected chi connectivity index (χ0v) is 17.1. The Balaban J connectivity index is 0.000000137. The average molecular weight is 461 g/mol. The molecule has 0 spiro atoms. The fraction of sp³-hybridized carbons (Fsp3) is 0. The van der Waals surface area contributed by atoms with E-state index in [9.17, 15) is 0 Å². The molecule has 0 aliphatic heterocycles. The molecule has 0 saturated heterocycles. The van der Waals surface area contributed by atoms with E-state index < -0.39 is 0 Å². The second-order valence-electron chi connectivity index (χ2n) is 6.43. The van der Waals surface area contributed by atoms with Crippen LogP contribution in [0.15, 0.2) is 97.6 Å². The van der Waals surface area contributed by atoms with E-state index in [1.165, 1.54) is 0 Å². The first kappa shape index (κ1) is 19.0. The van der Waals surface area contributed by atoms with E-state index in [-0.39, 0.29) is 19.5 Å². The molecule has 6 rings (SSSR count). The van der Waals surface area contributed by atoms with Crippen molar-refractivity contribution in [2.75, 3.05) is 0 Å². The third-order valence-electron chi connectivity index (χ3n) is 4.69. The topological polar surface area (TPSA) is 51.6 Å². The Bertz CT molecular complexity index is 1210. The minimum Gasteiger partial charge on any atom is -0.254 e. The third kappa shape index (κ3) is 3.69. The van der Waals surface area contributed by atoms with Crippen LogP contribution in [0.3, 0.4) is 0 Å². The normalized spacial score (nSPS) is 10.5. The van der Waals surface area contributed by atoms with Gasteiger partial charge in [-0.05, 0) is 24.3 Å². The van der Waals surface area contributed by atoms with Crippen molar-refractivity contribution in [3.63, 3.8) is 0 Å². The summed E-state index contributed by atoms with van der Waals surface area (Å²) in [6, 6.07) is 24.3. The van der Waals surface area contributed by atoms with Crippen molar-refractivity contribution in [1.29, 1.82) is 0 Å². The van der Waals surface area contributed by atoms with E-state index in [1.54, 1.807) is 24.8 Å². The number of nitrogens with zero attached hydrogens (tertiary/aromatic N) is 4.